The molecule has 0 aliphatic rings. The van der Waals surface area contributed by atoms with E-state index in [-0.39, 0.29) is 11.9 Å². The molecule has 18 heavy (non-hydrogen) atoms. The van der Waals surface area contributed by atoms with Gasteiger partial charge in [-0.2, -0.15) is 5.10 Å². The predicted octanol–water partition coefficient (Wildman–Crippen LogP) is 2.73. The van der Waals surface area contributed by atoms with E-state index >= 15 is 0 Å². The lowest BCUT2D eigenvalue weighted by Gasteiger charge is -2.15. The Morgan fingerprint density at radius 2 is 2.17 bits per heavy atom. The van der Waals surface area contributed by atoms with E-state index in [1.807, 2.05) is 25.1 Å². The second-order valence-electron chi connectivity index (χ2n) is 5.18. The van der Waals surface area contributed by atoms with E-state index in [4.69, 9.17) is 0 Å². The number of H-pyrrole nitrogens is 1. The highest BCUT2D eigenvalue weighted by molar-refractivity contribution is 5.97. The number of rotatable bonds is 4. The number of carbonyl (C=O) groups excluding carboxylic acids is 1. The lowest BCUT2D eigenvalue weighted by molar-refractivity contribution is 0.0936. The Morgan fingerprint density at radius 3 is 2.89 bits per heavy atom. The van der Waals surface area contributed by atoms with Gasteiger partial charge in [-0.1, -0.05) is 19.9 Å². The Labute approximate surface area is 107 Å². The standard InChI is InChI=1S/C14H19N3O/c1-9(2)6-10(3)16-14(18)11-4-5-12-8-15-17-13(12)7-11/h4-5,7-10H,6H2,1-3H3,(H,15,17)(H,16,18). The fraction of sp³-hybridized carbons (Fsp3) is 0.429. The Hall–Kier alpha value is -1.84. The molecule has 1 aromatic carbocycles. The number of nitrogens with zero attached hydrogens (tertiary/aromatic N) is 1. The molecular formula is C14H19N3O. The summed E-state index contributed by atoms with van der Waals surface area (Å²) in [5.74, 6) is 0.551. The van der Waals surface area contributed by atoms with E-state index in [1.54, 1.807) is 6.20 Å². The van der Waals surface area contributed by atoms with E-state index in [9.17, 15) is 4.79 Å². The van der Waals surface area contributed by atoms with Crippen LogP contribution in [0.2, 0.25) is 0 Å². The number of aromatic amines is 1. The highest BCUT2D eigenvalue weighted by Crippen LogP contribution is 2.13. The van der Waals surface area contributed by atoms with Crippen LogP contribution in [0.15, 0.2) is 24.4 Å². The van der Waals surface area contributed by atoms with Crippen LogP contribution in [-0.2, 0) is 0 Å². The molecule has 2 rings (SSSR count). The van der Waals surface area contributed by atoms with Gasteiger partial charge in [0, 0.05) is 17.0 Å². The van der Waals surface area contributed by atoms with Crippen molar-refractivity contribution in [3.63, 3.8) is 0 Å². The van der Waals surface area contributed by atoms with E-state index in [1.165, 1.54) is 0 Å². The fourth-order valence-corrected chi connectivity index (χ4v) is 2.15. The molecule has 1 aromatic heterocycles. The topological polar surface area (TPSA) is 57.8 Å². The lowest BCUT2D eigenvalue weighted by Crippen LogP contribution is -2.33. The zero-order chi connectivity index (χ0) is 13.1. The highest BCUT2D eigenvalue weighted by Gasteiger charge is 2.11. The molecule has 0 spiro atoms. The highest BCUT2D eigenvalue weighted by atomic mass is 16.1. The van der Waals surface area contributed by atoms with Crippen molar-refractivity contribution in [3.8, 4) is 0 Å². The van der Waals surface area contributed by atoms with Crippen molar-refractivity contribution in [2.75, 3.05) is 0 Å². The normalized spacial score (nSPS) is 12.9. The van der Waals surface area contributed by atoms with Crippen LogP contribution in [-0.4, -0.2) is 22.1 Å². The number of fused-ring (bicyclic) bond motifs is 1. The third-order valence-corrected chi connectivity index (χ3v) is 2.91. The van der Waals surface area contributed by atoms with Gasteiger partial charge in [-0.15, -0.1) is 0 Å². The van der Waals surface area contributed by atoms with Crippen LogP contribution in [0.4, 0.5) is 0 Å². The van der Waals surface area contributed by atoms with E-state index in [0.717, 1.165) is 17.3 Å². The van der Waals surface area contributed by atoms with Gasteiger partial charge in [-0.25, -0.2) is 0 Å². The number of carbonyl (C=O) groups is 1. The summed E-state index contributed by atoms with van der Waals surface area (Å²) in [5.41, 5.74) is 1.56. The molecule has 1 atom stereocenters. The molecule has 0 saturated carbocycles. The van der Waals surface area contributed by atoms with Crippen LogP contribution in [0.3, 0.4) is 0 Å². The molecule has 1 heterocycles. The minimum absolute atomic E-state index is 0.0281. The first kappa shape index (κ1) is 12.6. The summed E-state index contributed by atoms with van der Waals surface area (Å²) in [4.78, 5) is 12.1. The van der Waals surface area contributed by atoms with Gasteiger partial charge in [-0.3, -0.25) is 9.89 Å². The molecule has 1 unspecified atom stereocenters. The maximum Gasteiger partial charge on any atom is 0.251 e. The summed E-state index contributed by atoms with van der Waals surface area (Å²) in [5, 5.41) is 10.8. The summed E-state index contributed by atoms with van der Waals surface area (Å²) in [6.45, 7) is 6.34. The van der Waals surface area contributed by atoms with Crippen LogP contribution in [0.1, 0.15) is 37.6 Å². The number of amides is 1. The van der Waals surface area contributed by atoms with E-state index in [0.29, 0.717) is 11.5 Å². The molecule has 0 aliphatic carbocycles. The Kier molecular flexibility index (Phi) is 3.65. The number of aromatic nitrogens is 2. The smallest absolute Gasteiger partial charge is 0.251 e. The molecule has 0 saturated heterocycles. The van der Waals surface area contributed by atoms with Crippen molar-refractivity contribution in [1.29, 1.82) is 0 Å². The van der Waals surface area contributed by atoms with Crippen LogP contribution in [0.5, 0.6) is 0 Å². The van der Waals surface area contributed by atoms with Crippen LogP contribution in [0.25, 0.3) is 10.9 Å². The molecule has 0 radical (unpaired) electrons. The Bertz CT molecular complexity index is 545. The first-order valence-electron chi connectivity index (χ1n) is 6.30. The van der Waals surface area contributed by atoms with Gasteiger partial charge in [-0.05, 0) is 31.4 Å². The zero-order valence-electron chi connectivity index (χ0n) is 11.0. The van der Waals surface area contributed by atoms with Gasteiger partial charge in [0.05, 0.1) is 11.7 Å². The molecule has 0 bridgehead atoms. The largest absolute Gasteiger partial charge is 0.350 e. The number of benzene rings is 1. The van der Waals surface area contributed by atoms with Crippen molar-refractivity contribution in [2.45, 2.75) is 33.2 Å². The number of nitrogens with one attached hydrogen (secondary N) is 2. The van der Waals surface area contributed by atoms with Gasteiger partial charge >= 0.3 is 0 Å². The molecule has 2 aromatic rings. The molecule has 0 fully saturated rings. The average Bonchev–Trinajstić information content (AvgIpc) is 2.74. The molecule has 1 amide bonds. The van der Waals surface area contributed by atoms with Crippen molar-refractivity contribution < 1.29 is 4.79 Å². The summed E-state index contributed by atoms with van der Waals surface area (Å²) < 4.78 is 0. The third-order valence-electron chi connectivity index (χ3n) is 2.91. The van der Waals surface area contributed by atoms with Crippen molar-refractivity contribution in [2.24, 2.45) is 5.92 Å². The maximum atomic E-state index is 12.1. The lowest BCUT2D eigenvalue weighted by atomic mass is 10.0. The summed E-state index contributed by atoms with van der Waals surface area (Å²) in [6, 6.07) is 5.76. The van der Waals surface area contributed by atoms with Gasteiger partial charge < -0.3 is 5.32 Å². The minimum Gasteiger partial charge on any atom is -0.350 e. The predicted molar refractivity (Wildman–Crippen MR) is 72.5 cm³/mol. The monoisotopic (exact) mass is 245 g/mol. The van der Waals surface area contributed by atoms with Gasteiger partial charge in [0.1, 0.15) is 0 Å². The second kappa shape index (κ2) is 5.21. The summed E-state index contributed by atoms with van der Waals surface area (Å²) in [7, 11) is 0. The first-order valence-corrected chi connectivity index (χ1v) is 6.30. The number of hydrogen-bond donors (Lipinski definition) is 2. The van der Waals surface area contributed by atoms with Gasteiger partial charge in [0.25, 0.3) is 5.91 Å². The molecule has 96 valence electrons. The summed E-state index contributed by atoms with van der Waals surface area (Å²) >= 11 is 0. The van der Waals surface area contributed by atoms with Crippen molar-refractivity contribution >= 4 is 16.8 Å². The molecule has 4 heteroatoms. The van der Waals surface area contributed by atoms with E-state index in [2.05, 4.69) is 29.4 Å². The molecule has 4 nitrogen and oxygen atoms in total. The van der Waals surface area contributed by atoms with Crippen molar-refractivity contribution in [3.05, 3.63) is 30.0 Å². The molecule has 0 aliphatic heterocycles. The van der Waals surface area contributed by atoms with Crippen LogP contribution >= 0.6 is 0 Å². The Balaban J connectivity index is 2.08. The number of hydrogen-bond acceptors (Lipinski definition) is 2. The average molecular weight is 245 g/mol. The maximum absolute atomic E-state index is 12.1. The summed E-state index contributed by atoms with van der Waals surface area (Å²) in [6.07, 6.45) is 2.73. The Morgan fingerprint density at radius 1 is 1.39 bits per heavy atom. The fourth-order valence-electron chi connectivity index (χ4n) is 2.15. The van der Waals surface area contributed by atoms with Crippen LogP contribution < -0.4 is 5.32 Å². The molecular weight excluding hydrogens is 226 g/mol. The van der Waals surface area contributed by atoms with E-state index < -0.39 is 0 Å². The zero-order valence-corrected chi connectivity index (χ0v) is 11.0. The van der Waals surface area contributed by atoms with Crippen molar-refractivity contribution in [1.82, 2.24) is 15.5 Å². The SMILES string of the molecule is CC(C)CC(C)NC(=O)c1ccc2cn[nH]c2c1. The second-order valence-corrected chi connectivity index (χ2v) is 5.18. The third kappa shape index (κ3) is 2.88. The van der Waals surface area contributed by atoms with Crippen LogP contribution in [0, 0.1) is 5.92 Å². The first-order chi connectivity index (χ1) is 8.56. The quantitative estimate of drug-likeness (QED) is 0.870. The van der Waals surface area contributed by atoms with Gasteiger partial charge in [0.2, 0.25) is 0 Å². The van der Waals surface area contributed by atoms with Gasteiger partial charge in [0.15, 0.2) is 0 Å². The molecule has 2 N–H and O–H groups in total. The minimum atomic E-state index is -0.0281.